The van der Waals surface area contributed by atoms with Gasteiger partial charge in [-0.05, 0) is 95.8 Å². The minimum atomic E-state index is -0.399. The molecule has 2 aromatic carbocycles. The number of hydrogen-bond acceptors (Lipinski definition) is 4. The summed E-state index contributed by atoms with van der Waals surface area (Å²) in [4.78, 5) is 36.0. The maximum Gasteiger partial charge on any atom is 0.326 e. The zero-order valence-electron chi connectivity index (χ0n) is 27.9. The van der Waals surface area contributed by atoms with Crippen LogP contribution in [0.5, 0.6) is 0 Å². The van der Waals surface area contributed by atoms with Gasteiger partial charge in [0.25, 0.3) is 5.56 Å². The van der Waals surface area contributed by atoms with Crippen LogP contribution in [0.25, 0.3) is 22.2 Å². The van der Waals surface area contributed by atoms with E-state index in [9.17, 15) is 9.59 Å². The molecule has 2 aromatic heterocycles. The highest BCUT2D eigenvalue weighted by molar-refractivity contribution is 6.03. The number of nitrogens with zero attached hydrogens (tertiary/aromatic N) is 2. The molecule has 0 aliphatic heterocycles. The summed E-state index contributed by atoms with van der Waals surface area (Å²) in [5, 5.41) is 4.03. The average molecular weight is 618 g/mol. The topological polar surface area (TPSA) is 104 Å². The van der Waals surface area contributed by atoms with Gasteiger partial charge >= 0.3 is 6.03 Å². The van der Waals surface area contributed by atoms with Crippen LogP contribution in [0.4, 0.5) is 16.2 Å². The van der Waals surface area contributed by atoms with Crippen molar-refractivity contribution in [1.29, 1.82) is 0 Å². The Kier molecular flexibility index (Phi) is 10.3. The number of nitrogens with one attached hydrogen (secondary N) is 2. The molecular weight excluding hydrogens is 570 g/mol. The molecule has 7 nitrogen and oxygen atoms in total. The molecule has 5 rings (SSSR count). The lowest BCUT2D eigenvalue weighted by atomic mass is 9.83. The van der Waals surface area contributed by atoms with Crippen LogP contribution in [-0.4, -0.2) is 28.1 Å². The van der Waals surface area contributed by atoms with Gasteiger partial charge < -0.3 is 16.0 Å². The highest BCUT2D eigenvalue weighted by Crippen LogP contribution is 2.38. The molecule has 4 N–H and O–H groups in total. The molecule has 0 bridgehead atoms. The molecule has 1 aliphatic carbocycles. The van der Waals surface area contributed by atoms with Gasteiger partial charge in [0.2, 0.25) is 0 Å². The number of anilines is 2. The number of unbranched alkanes of at least 4 members (excludes halogenated alkanes) is 1. The second-order valence-electron chi connectivity index (χ2n) is 13.2. The number of rotatable bonds is 8. The van der Waals surface area contributed by atoms with Gasteiger partial charge in [0.15, 0.2) is 0 Å². The molecule has 7 heteroatoms. The van der Waals surface area contributed by atoms with E-state index in [-0.39, 0.29) is 23.4 Å². The maximum atomic E-state index is 14.1. The number of urea groups is 1. The number of nitrogens with two attached hydrogens (primary N) is 1. The third kappa shape index (κ3) is 7.51. The number of carbonyl (C=O) groups excluding carboxylic acids is 1. The number of H-pyrrole nitrogens is 1. The third-order valence-corrected chi connectivity index (χ3v) is 8.94. The van der Waals surface area contributed by atoms with E-state index < -0.39 is 5.54 Å². The predicted molar refractivity (Wildman–Crippen MR) is 191 cm³/mol. The Morgan fingerprint density at radius 3 is 2.39 bits per heavy atom. The molecule has 1 aliphatic rings. The van der Waals surface area contributed by atoms with E-state index in [0.29, 0.717) is 17.9 Å². The molecule has 2 heterocycles. The number of carbonyl (C=O) groups is 1. The van der Waals surface area contributed by atoms with Gasteiger partial charge in [0.1, 0.15) is 11.3 Å². The summed E-state index contributed by atoms with van der Waals surface area (Å²) < 4.78 is 0. The maximum absolute atomic E-state index is 14.1. The fourth-order valence-corrected chi connectivity index (χ4v) is 6.24. The van der Waals surface area contributed by atoms with Gasteiger partial charge in [0.05, 0.1) is 5.54 Å². The molecule has 240 valence electrons. The SMILES string of the molecule is CCCCN(C(=O)Nc1c(C(C)C)cc(-c2cccc(C#CC3(N)CCCCC3)c2)cc1C(C)C)c1cc2cccnc2[nH]c1=O. The number of pyridine rings is 2. The highest BCUT2D eigenvalue weighted by atomic mass is 16.2. The lowest BCUT2D eigenvalue weighted by molar-refractivity contribution is 0.256. The molecule has 1 saturated carbocycles. The number of aromatic nitrogens is 2. The predicted octanol–water partition coefficient (Wildman–Crippen LogP) is 8.69. The van der Waals surface area contributed by atoms with Crippen LogP contribution in [0, 0.1) is 11.8 Å². The van der Waals surface area contributed by atoms with Crippen molar-refractivity contribution < 1.29 is 4.79 Å². The molecule has 2 amide bonds. The molecule has 0 spiro atoms. The summed E-state index contributed by atoms with van der Waals surface area (Å²) in [6.45, 7) is 11.1. The molecule has 0 radical (unpaired) electrons. The molecule has 46 heavy (non-hydrogen) atoms. The summed E-state index contributed by atoms with van der Waals surface area (Å²) in [7, 11) is 0. The normalized spacial score (nSPS) is 14.3. The average Bonchev–Trinajstić information content (AvgIpc) is 3.04. The van der Waals surface area contributed by atoms with E-state index in [0.717, 1.165) is 77.4 Å². The monoisotopic (exact) mass is 617 g/mol. The first-order valence-electron chi connectivity index (χ1n) is 16.8. The van der Waals surface area contributed by atoms with Gasteiger partial charge in [-0.25, -0.2) is 9.78 Å². The highest BCUT2D eigenvalue weighted by Gasteiger charge is 2.26. The Labute approximate surface area is 273 Å². The second kappa shape index (κ2) is 14.3. The van der Waals surface area contributed by atoms with E-state index in [1.807, 2.05) is 24.3 Å². The third-order valence-electron chi connectivity index (χ3n) is 8.94. The lowest BCUT2D eigenvalue weighted by Gasteiger charge is -2.27. The Bertz CT molecular complexity index is 1790. The Hall–Kier alpha value is -4.41. The van der Waals surface area contributed by atoms with Crippen molar-refractivity contribution in [3.63, 3.8) is 0 Å². The molecule has 1 fully saturated rings. The zero-order valence-corrected chi connectivity index (χ0v) is 27.9. The standard InChI is InChI=1S/C39H47N5O2/c1-6-7-21-44(34-25-30-15-12-20-41-36(30)43-37(34)45)38(46)42-35-32(26(2)3)23-31(24-33(35)27(4)5)29-14-11-13-28(22-29)16-19-39(40)17-9-8-10-18-39/h11-15,20,22-27H,6-10,17-18,21,40H2,1-5H3,(H,42,46)(H,41,43,45). The molecule has 4 aromatic rings. The number of amides is 2. The molecule has 0 atom stereocenters. The Morgan fingerprint density at radius 1 is 1.00 bits per heavy atom. The van der Waals surface area contributed by atoms with Crippen LogP contribution in [-0.2, 0) is 0 Å². The Balaban J connectivity index is 1.52. The van der Waals surface area contributed by atoms with Gasteiger partial charge in [-0.3, -0.25) is 9.69 Å². The number of fused-ring (bicyclic) bond motifs is 1. The largest absolute Gasteiger partial charge is 0.326 e. The van der Waals surface area contributed by atoms with Gasteiger partial charge in [-0.1, -0.05) is 84.3 Å². The molecule has 0 unspecified atom stereocenters. The van der Waals surface area contributed by atoms with Crippen molar-refractivity contribution in [1.82, 2.24) is 9.97 Å². The first-order valence-corrected chi connectivity index (χ1v) is 16.8. The Morgan fingerprint density at radius 2 is 1.72 bits per heavy atom. The van der Waals surface area contributed by atoms with Crippen molar-refractivity contribution >= 4 is 28.4 Å². The van der Waals surface area contributed by atoms with Crippen LogP contribution in [0.2, 0.25) is 0 Å². The minimum Gasteiger partial charge on any atom is -0.315 e. The number of hydrogen-bond donors (Lipinski definition) is 3. The van der Waals surface area contributed by atoms with Crippen molar-refractivity contribution in [2.24, 2.45) is 5.73 Å². The smallest absolute Gasteiger partial charge is 0.315 e. The van der Waals surface area contributed by atoms with Crippen LogP contribution in [0.1, 0.15) is 108 Å². The van der Waals surface area contributed by atoms with Gasteiger partial charge in [-0.2, -0.15) is 0 Å². The number of aromatic amines is 1. The van der Waals surface area contributed by atoms with Crippen LogP contribution >= 0.6 is 0 Å². The first kappa shape index (κ1) is 33.0. The van der Waals surface area contributed by atoms with Gasteiger partial charge in [0, 0.05) is 29.4 Å². The quantitative estimate of drug-likeness (QED) is 0.172. The van der Waals surface area contributed by atoms with E-state index in [2.05, 4.69) is 86.0 Å². The summed E-state index contributed by atoms with van der Waals surface area (Å²) in [5.74, 6) is 7.03. The summed E-state index contributed by atoms with van der Waals surface area (Å²) >= 11 is 0. The van der Waals surface area contributed by atoms with E-state index in [1.165, 1.54) is 6.42 Å². The van der Waals surface area contributed by atoms with E-state index in [4.69, 9.17) is 5.73 Å². The zero-order chi connectivity index (χ0) is 32.8. The van der Waals surface area contributed by atoms with Gasteiger partial charge in [-0.15, -0.1) is 0 Å². The van der Waals surface area contributed by atoms with Crippen LogP contribution < -0.4 is 21.5 Å². The second-order valence-corrected chi connectivity index (χ2v) is 13.2. The summed E-state index contributed by atoms with van der Waals surface area (Å²) in [5.41, 5.74) is 12.7. The van der Waals surface area contributed by atoms with Crippen LogP contribution in [0.15, 0.2) is 65.6 Å². The van der Waals surface area contributed by atoms with E-state index in [1.54, 1.807) is 17.2 Å². The summed E-state index contributed by atoms with van der Waals surface area (Å²) in [6, 6.07) is 17.8. The molecule has 0 saturated heterocycles. The van der Waals surface area contributed by atoms with E-state index >= 15 is 0 Å². The van der Waals surface area contributed by atoms with Crippen molar-refractivity contribution in [2.75, 3.05) is 16.8 Å². The van der Waals surface area contributed by atoms with Crippen molar-refractivity contribution in [3.8, 4) is 23.0 Å². The number of benzene rings is 2. The fraction of sp³-hybridized carbons (Fsp3) is 0.410. The fourth-order valence-electron chi connectivity index (χ4n) is 6.24. The first-order chi connectivity index (χ1) is 22.1. The minimum absolute atomic E-state index is 0.137. The lowest BCUT2D eigenvalue weighted by Crippen LogP contribution is -2.40. The summed E-state index contributed by atoms with van der Waals surface area (Å²) in [6.07, 6.45) is 8.69. The van der Waals surface area contributed by atoms with Crippen molar-refractivity contribution in [2.45, 2.75) is 96.9 Å². The van der Waals surface area contributed by atoms with Crippen molar-refractivity contribution in [3.05, 3.63) is 87.8 Å². The van der Waals surface area contributed by atoms with Crippen LogP contribution in [0.3, 0.4) is 0 Å². The molecular formula is C39H47N5O2.